The molecule has 11 aromatic carbocycles. The van der Waals surface area contributed by atoms with Gasteiger partial charge in [-0.15, -0.1) is 0 Å². The summed E-state index contributed by atoms with van der Waals surface area (Å²) in [7, 11) is 0. The lowest BCUT2D eigenvalue weighted by Crippen LogP contribution is -2.33. The van der Waals surface area contributed by atoms with Crippen molar-refractivity contribution in [3.63, 3.8) is 0 Å². The first-order chi connectivity index (χ1) is 35.5. The first kappa shape index (κ1) is 40.9. The van der Waals surface area contributed by atoms with Crippen LogP contribution in [-0.2, 0) is 10.8 Å². The first-order valence-electron chi connectivity index (χ1n) is 25.3. The van der Waals surface area contributed by atoms with Crippen molar-refractivity contribution in [1.82, 2.24) is 4.57 Å². The van der Waals surface area contributed by atoms with Gasteiger partial charge in [0.15, 0.2) is 0 Å². The van der Waals surface area contributed by atoms with E-state index in [0.29, 0.717) is 0 Å². The average molecular weight is 917 g/mol. The highest BCUT2D eigenvalue weighted by atomic mass is 15.1. The second-order valence-electron chi connectivity index (χ2n) is 20.4. The highest BCUT2D eigenvalue weighted by molar-refractivity contribution is 6.14. The van der Waals surface area contributed by atoms with Gasteiger partial charge in [-0.1, -0.05) is 214 Å². The number of para-hydroxylation sites is 3. The van der Waals surface area contributed by atoms with Crippen LogP contribution in [0.2, 0.25) is 0 Å². The largest absolute Gasteiger partial charge is 0.310 e. The van der Waals surface area contributed by atoms with E-state index in [2.05, 4.69) is 278 Å². The molecule has 2 heteroatoms. The van der Waals surface area contributed by atoms with E-state index < -0.39 is 5.41 Å². The molecular weight excluding hydrogens is 869 g/mol. The Balaban J connectivity index is 0.875. The molecule has 0 bridgehead atoms. The van der Waals surface area contributed by atoms with Crippen LogP contribution < -0.4 is 4.90 Å². The molecular formula is C70H48N2. The SMILES string of the molecule is CC1(C)c2ccccc2-c2ccc(-c3ccc(N(c4cccc(-c5ccc6c(c5)c5cccc7c5n6-c5ccccc5C75c6ccccc6-c6ccccc65)c4)c4ccccc4-c4ccccc4)cc3)cc21. The van der Waals surface area contributed by atoms with Crippen molar-refractivity contribution in [1.29, 1.82) is 0 Å². The third kappa shape index (κ3) is 5.61. The molecule has 0 saturated heterocycles. The topological polar surface area (TPSA) is 8.17 Å². The molecule has 338 valence electrons. The number of aromatic nitrogens is 1. The average Bonchev–Trinajstić information content (AvgIpc) is 4.02. The van der Waals surface area contributed by atoms with Crippen LogP contribution in [0.1, 0.15) is 47.2 Å². The second-order valence-corrected chi connectivity index (χ2v) is 20.4. The normalized spacial score (nSPS) is 13.9. The van der Waals surface area contributed by atoms with E-state index in [1.807, 2.05) is 0 Å². The lowest BCUT2D eigenvalue weighted by Gasteiger charge is -2.39. The lowest BCUT2D eigenvalue weighted by molar-refractivity contribution is 0.660. The molecule has 1 aromatic heterocycles. The monoisotopic (exact) mass is 916 g/mol. The zero-order valence-corrected chi connectivity index (χ0v) is 40.1. The zero-order valence-electron chi connectivity index (χ0n) is 40.1. The van der Waals surface area contributed by atoms with E-state index in [1.165, 1.54) is 111 Å². The Hall–Kier alpha value is -8.98. The van der Waals surface area contributed by atoms with E-state index >= 15 is 0 Å². The van der Waals surface area contributed by atoms with Gasteiger partial charge in [-0.25, -0.2) is 0 Å². The van der Waals surface area contributed by atoms with Gasteiger partial charge in [0.05, 0.1) is 27.8 Å². The summed E-state index contributed by atoms with van der Waals surface area (Å²) in [6.07, 6.45) is 0. The quantitative estimate of drug-likeness (QED) is 0.161. The van der Waals surface area contributed by atoms with Crippen molar-refractivity contribution in [2.45, 2.75) is 24.7 Å². The van der Waals surface area contributed by atoms with E-state index in [9.17, 15) is 0 Å². The van der Waals surface area contributed by atoms with Crippen molar-refractivity contribution >= 4 is 38.9 Å². The molecule has 2 nitrogen and oxygen atoms in total. The van der Waals surface area contributed by atoms with Crippen LogP contribution >= 0.6 is 0 Å². The molecule has 0 fully saturated rings. The number of hydrogen-bond donors (Lipinski definition) is 0. The molecule has 72 heavy (non-hydrogen) atoms. The van der Waals surface area contributed by atoms with Crippen LogP contribution in [0.3, 0.4) is 0 Å². The van der Waals surface area contributed by atoms with Crippen molar-refractivity contribution < 1.29 is 0 Å². The zero-order chi connectivity index (χ0) is 47.7. The van der Waals surface area contributed by atoms with Crippen LogP contribution in [-0.4, -0.2) is 4.57 Å². The summed E-state index contributed by atoms with van der Waals surface area (Å²) in [5.41, 5.74) is 27.2. The first-order valence-corrected chi connectivity index (χ1v) is 25.3. The highest BCUT2D eigenvalue weighted by Crippen LogP contribution is 2.61. The van der Waals surface area contributed by atoms with E-state index in [4.69, 9.17) is 0 Å². The van der Waals surface area contributed by atoms with Crippen molar-refractivity contribution in [3.05, 3.63) is 288 Å². The van der Waals surface area contributed by atoms with Gasteiger partial charge in [-0.05, 0) is 138 Å². The predicted molar refractivity (Wildman–Crippen MR) is 300 cm³/mol. The second kappa shape index (κ2) is 15.3. The minimum atomic E-state index is -0.437. The number of hydrogen-bond acceptors (Lipinski definition) is 1. The summed E-state index contributed by atoms with van der Waals surface area (Å²) in [5, 5.41) is 2.52. The number of anilines is 3. The summed E-state index contributed by atoms with van der Waals surface area (Å²) >= 11 is 0. The van der Waals surface area contributed by atoms with Crippen LogP contribution in [0.4, 0.5) is 17.1 Å². The number of fused-ring (bicyclic) bond motifs is 15. The Labute approximate surface area is 420 Å². The Morgan fingerprint density at radius 2 is 0.861 bits per heavy atom. The fourth-order valence-corrected chi connectivity index (χ4v) is 13.2. The number of rotatable bonds is 6. The van der Waals surface area contributed by atoms with Crippen LogP contribution in [0.15, 0.2) is 255 Å². The Kier molecular flexibility index (Phi) is 8.66. The third-order valence-electron chi connectivity index (χ3n) is 16.4. The summed E-state index contributed by atoms with van der Waals surface area (Å²) in [6, 6.07) is 95.1. The summed E-state index contributed by atoms with van der Waals surface area (Å²) in [6.45, 7) is 4.71. The van der Waals surface area contributed by atoms with Gasteiger partial charge in [-0.3, -0.25) is 0 Å². The van der Waals surface area contributed by atoms with E-state index in [0.717, 1.165) is 22.6 Å². The molecule has 0 saturated carbocycles. The van der Waals surface area contributed by atoms with Gasteiger partial charge in [-0.2, -0.15) is 0 Å². The summed E-state index contributed by atoms with van der Waals surface area (Å²) in [4.78, 5) is 2.44. The predicted octanol–water partition coefficient (Wildman–Crippen LogP) is 18.2. The Morgan fingerprint density at radius 3 is 1.62 bits per heavy atom. The van der Waals surface area contributed by atoms with E-state index in [1.54, 1.807) is 0 Å². The molecule has 0 radical (unpaired) electrons. The molecule has 0 amide bonds. The molecule has 1 spiro atoms. The fourth-order valence-electron chi connectivity index (χ4n) is 13.2. The maximum Gasteiger partial charge on any atom is 0.0754 e. The molecule has 3 aliphatic rings. The van der Waals surface area contributed by atoms with Gasteiger partial charge in [0.1, 0.15) is 0 Å². The summed E-state index contributed by atoms with van der Waals surface area (Å²) in [5.74, 6) is 0. The molecule has 0 N–H and O–H groups in total. The third-order valence-corrected chi connectivity index (χ3v) is 16.4. The van der Waals surface area contributed by atoms with Gasteiger partial charge >= 0.3 is 0 Å². The smallest absolute Gasteiger partial charge is 0.0754 e. The molecule has 2 heterocycles. The molecule has 12 aromatic rings. The van der Waals surface area contributed by atoms with Gasteiger partial charge in [0, 0.05) is 33.1 Å². The standard InChI is InChI=1S/C70H48N2/c1-69(2)59-27-10-6-23-53(59)56-40-36-49(44-64(56)69)45-34-38-50(39-35-45)71(65-32-14-9-22-52(65)46-18-4-3-5-19-46)51-21-16-20-47(42-51)48-37-41-66-58(43-48)57-26-17-31-63-68(57)72(66)67-33-15-13-30-62(67)70(63)60-28-11-7-24-54(60)55-25-8-12-29-61(55)70/h3-44H,1-2H3. The van der Waals surface area contributed by atoms with Gasteiger partial charge in [0.2, 0.25) is 0 Å². The lowest BCUT2D eigenvalue weighted by atomic mass is 9.65. The minimum Gasteiger partial charge on any atom is -0.310 e. The van der Waals surface area contributed by atoms with E-state index in [-0.39, 0.29) is 5.41 Å². The summed E-state index contributed by atoms with van der Waals surface area (Å²) < 4.78 is 2.54. The number of benzene rings is 11. The van der Waals surface area contributed by atoms with Crippen molar-refractivity contribution in [2.24, 2.45) is 0 Å². The van der Waals surface area contributed by atoms with Crippen molar-refractivity contribution in [3.8, 4) is 61.3 Å². The van der Waals surface area contributed by atoms with Crippen LogP contribution in [0.25, 0.3) is 83.1 Å². The fraction of sp³-hybridized carbons (Fsp3) is 0.0571. The van der Waals surface area contributed by atoms with Crippen LogP contribution in [0, 0.1) is 0 Å². The number of nitrogens with zero attached hydrogens (tertiary/aromatic N) is 2. The molecule has 0 unspecified atom stereocenters. The highest BCUT2D eigenvalue weighted by Gasteiger charge is 2.50. The van der Waals surface area contributed by atoms with Crippen molar-refractivity contribution in [2.75, 3.05) is 4.90 Å². The van der Waals surface area contributed by atoms with Gasteiger partial charge < -0.3 is 9.47 Å². The molecule has 1 aliphatic heterocycles. The van der Waals surface area contributed by atoms with Crippen LogP contribution in [0.5, 0.6) is 0 Å². The Morgan fingerprint density at radius 1 is 0.319 bits per heavy atom. The van der Waals surface area contributed by atoms with Gasteiger partial charge in [0.25, 0.3) is 0 Å². The maximum absolute atomic E-state index is 2.54. The molecule has 15 rings (SSSR count). The maximum atomic E-state index is 2.54. The molecule has 2 aliphatic carbocycles. The Bertz CT molecular complexity index is 4140. The molecule has 0 atom stereocenters. The minimum absolute atomic E-state index is 0.0617.